The summed E-state index contributed by atoms with van der Waals surface area (Å²) in [6.07, 6.45) is 0.928. The van der Waals surface area contributed by atoms with Crippen LogP contribution < -0.4 is 0 Å². The summed E-state index contributed by atoms with van der Waals surface area (Å²) < 4.78 is 0. The van der Waals surface area contributed by atoms with Gasteiger partial charge in [0.2, 0.25) is 5.91 Å². The van der Waals surface area contributed by atoms with E-state index >= 15 is 0 Å². The van der Waals surface area contributed by atoms with Crippen LogP contribution in [-0.4, -0.2) is 29.2 Å². The molecule has 0 bridgehead atoms. The minimum Gasteiger partial charge on any atom is -0.374 e. The van der Waals surface area contributed by atoms with Gasteiger partial charge in [-0.05, 0) is 6.42 Å². The minimum absolute atomic E-state index is 0.0963. The van der Waals surface area contributed by atoms with Gasteiger partial charge in [0.25, 0.3) is 0 Å². The van der Waals surface area contributed by atoms with Gasteiger partial charge in [-0.1, -0.05) is 13.3 Å². The van der Waals surface area contributed by atoms with Crippen LogP contribution in [0.5, 0.6) is 0 Å². The number of nitrogens with zero attached hydrogens (tertiary/aromatic N) is 1. The van der Waals surface area contributed by atoms with E-state index in [4.69, 9.17) is 0 Å². The molecule has 0 radical (unpaired) electrons. The van der Waals surface area contributed by atoms with Crippen LogP contribution >= 0.6 is 0 Å². The van der Waals surface area contributed by atoms with Gasteiger partial charge >= 0.3 is 0 Å². The number of hydrogen-bond acceptors (Lipinski definition) is 2. The molecule has 60 valence electrons. The quantitative estimate of drug-likeness (QED) is 0.590. The molecular weight excluding hydrogens is 130 g/mol. The predicted octanol–water partition coefficient (Wildman–Crippen LogP) is 0.583. The van der Waals surface area contributed by atoms with Crippen molar-refractivity contribution >= 4 is 5.91 Å². The molecular formula is C7H15NO2. The molecule has 0 fully saturated rings. The number of carbonyl (C=O) groups excluding carboxylic acids is 1. The maximum absolute atomic E-state index is 10.6. The minimum atomic E-state index is -0.609. The second kappa shape index (κ2) is 4.28. The number of carbonyl (C=O) groups is 1. The van der Waals surface area contributed by atoms with Gasteiger partial charge in [0.15, 0.2) is 0 Å². The summed E-state index contributed by atoms with van der Waals surface area (Å²) in [7, 11) is 1.60. The first-order chi connectivity index (χ1) is 4.59. The molecule has 0 aromatic rings. The van der Waals surface area contributed by atoms with Crippen molar-refractivity contribution < 1.29 is 9.90 Å². The summed E-state index contributed by atoms with van der Waals surface area (Å²) in [4.78, 5) is 12.0. The molecule has 10 heavy (non-hydrogen) atoms. The van der Waals surface area contributed by atoms with Gasteiger partial charge < -0.3 is 10.0 Å². The van der Waals surface area contributed by atoms with Crippen molar-refractivity contribution in [1.29, 1.82) is 0 Å². The molecule has 1 amide bonds. The smallest absolute Gasteiger partial charge is 0.221 e. The standard InChI is InChI=1S/C7H15NO2/c1-4-5-7(10)8(3)6(2)9/h7,10H,4-5H2,1-3H3. The number of amides is 1. The molecule has 3 nitrogen and oxygen atoms in total. The molecule has 3 heteroatoms. The average Bonchev–Trinajstić information content (AvgIpc) is 1.87. The number of rotatable bonds is 3. The number of aliphatic hydroxyl groups is 1. The van der Waals surface area contributed by atoms with E-state index in [2.05, 4.69) is 0 Å². The van der Waals surface area contributed by atoms with Gasteiger partial charge in [-0.2, -0.15) is 0 Å². The molecule has 1 atom stereocenters. The molecule has 0 heterocycles. The highest BCUT2D eigenvalue weighted by molar-refractivity contribution is 5.72. The summed E-state index contributed by atoms with van der Waals surface area (Å²) in [5, 5.41) is 9.19. The molecule has 0 saturated heterocycles. The van der Waals surface area contributed by atoms with Crippen molar-refractivity contribution in [2.24, 2.45) is 0 Å². The average molecular weight is 145 g/mol. The monoisotopic (exact) mass is 145 g/mol. The van der Waals surface area contributed by atoms with Crippen molar-refractivity contribution in [2.75, 3.05) is 7.05 Å². The molecule has 0 aromatic carbocycles. The number of hydrogen-bond donors (Lipinski definition) is 1. The van der Waals surface area contributed by atoms with Crippen LogP contribution in [0.1, 0.15) is 26.7 Å². The third-order valence-corrected chi connectivity index (χ3v) is 1.49. The van der Waals surface area contributed by atoms with Crippen LogP contribution in [0.4, 0.5) is 0 Å². The highest BCUT2D eigenvalue weighted by Crippen LogP contribution is 2.00. The molecule has 1 N–H and O–H groups in total. The third kappa shape index (κ3) is 2.82. The summed E-state index contributed by atoms with van der Waals surface area (Å²) in [5.74, 6) is -0.0963. The van der Waals surface area contributed by atoms with Crippen LogP contribution in [0.25, 0.3) is 0 Å². The van der Waals surface area contributed by atoms with Gasteiger partial charge in [0.05, 0.1) is 0 Å². The Labute approximate surface area is 61.6 Å². The third-order valence-electron chi connectivity index (χ3n) is 1.49. The van der Waals surface area contributed by atoms with Gasteiger partial charge in [-0.25, -0.2) is 0 Å². The Kier molecular flexibility index (Phi) is 4.03. The Balaban J connectivity index is 3.69. The van der Waals surface area contributed by atoms with Crippen molar-refractivity contribution in [1.82, 2.24) is 4.90 Å². The predicted molar refractivity (Wildman–Crippen MR) is 39.4 cm³/mol. The summed E-state index contributed by atoms with van der Waals surface area (Å²) in [6.45, 7) is 3.41. The zero-order valence-corrected chi connectivity index (χ0v) is 6.79. The van der Waals surface area contributed by atoms with Crippen LogP contribution in [0.15, 0.2) is 0 Å². The van der Waals surface area contributed by atoms with E-state index in [1.807, 2.05) is 6.92 Å². The fourth-order valence-electron chi connectivity index (χ4n) is 0.662. The van der Waals surface area contributed by atoms with Gasteiger partial charge in [0.1, 0.15) is 6.23 Å². The summed E-state index contributed by atoms with van der Waals surface area (Å²) in [6, 6.07) is 0. The molecule has 0 aliphatic rings. The maximum atomic E-state index is 10.6. The lowest BCUT2D eigenvalue weighted by Gasteiger charge is -2.21. The molecule has 0 rings (SSSR count). The largest absolute Gasteiger partial charge is 0.374 e. The summed E-state index contributed by atoms with van der Waals surface area (Å²) >= 11 is 0. The van der Waals surface area contributed by atoms with E-state index in [1.165, 1.54) is 11.8 Å². The van der Waals surface area contributed by atoms with E-state index in [9.17, 15) is 9.90 Å². The van der Waals surface area contributed by atoms with E-state index < -0.39 is 6.23 Å². The molecule has 1 unspecified atom stereocenters. The fraction of sp³-hybridized carbons (Fsp3) is 0.857. The van der Waals surface area contributed by atoms with Crippen molar-refractivity contribution in [2.45, 2.75) is 32.9 Å². The molecule has 0 spiro atoms. The zero-order chi connectivity index (χ0) is 8.15. The van der Waals surface area contributed by atoms with E-state index in [1.54, 1.807) is 7.05 Å². The lowest BCUT2D eigenvalue weighted by Crippen LogP contribution is -2.34. The van der Waals surface area contributed by atoms with E-state index in [0.29, 0.717) is 6.42 Å². The maximum Gasteiger partial charge on any atom is 0.221 e. The molecule has 0 aliphatic heterocycles. The van der Waals surface area contributed by atoms with Crippen LogP contribution in [0.2, 0.25) is 0 Å². The van der Waals surface area contributed by atoms with Crippen molar-refractivity contribution in [3.8, 4) is 0 Å². The van der Waals surface area contributed by atoms with Crippen LogP contribution in [-0.2, 0) is 4.79 Å². The Morgan fingerprint density at radius 1 is 1.70 bits per heavy atom. The SMILES string of the molecule is CCCC(O)N(C)C(C)=O. The van der Waals surface area contributed by atoms with Gasteiger partial charge in [0, 0.05) is 14.0 Å². The Morgan fingerprint density at radius 2 is 2.20 bits per heavy atom. The lowest BCUT2D eigenvalue weighted by atomic mass is 10.3. The van der Waals surface area contributed by atoms with Crippen LogP contribution in [0.3, 0.4) is 0 Å². The van der Waals surface area contributed by atoms with E-state index in [-0.39, 0.29) is 5.91 Å². The Bertz CT molecular complexity index is 114. The van der Waals surface area contributed by atoms with E-state index in [0.717, 1.165) is 6.42 Å². The normalized spacial score (nSPS) is 12.8. The lowest BCUT2D eigenvalue weighted by molar-refractivity contribution is -0.136. The van der Waals surface area contributed by atoms with Crippen LogP contribution in [0, 0.1) is 0 Å². The van der Waals surface area contributed by atoms with Gasteiger partial charge in [-0.3, -0.25) is 4.79 Å². The van der Waals surface area contributed by atoms with Gasteiger partial charge in [-0.15, -0.1) is 0 Å². The summed E-state index contributed by atoms with van der Waals surface area (Å²) in [5.41, 5.74) is 0. The topological polar surface area (TPSA) is 40.5 Å². The molecule has 0 aliphatic carbocycles. The Morgan fingerprint density at radius 3 is 2.50 bits per heavy atom. The number of aliphatic hydroxyl groups excluding tert-OH is 1. The first-order valence-electron chi connectivity index (χ1n) is 3.51. The first kappa shape index (κ1) is 9.43. The van der Waals surface area contributed by atoms with Crippen molar-refractivity contribution in [3.05, 3.63) is 0 Å². The second-order valence-corrected chi connectivity index (χ2v) is 2.40. The van der Waals surface area contributed by atoms with Crippen molar-refractivity contribution in [3.63, 3.8) is 0 Å². The first-order valence-corrected chi connectivity index (χ1v) is 3.51. The fourth-order valence-corrected chi connectivity index (χ4v) is 0.662. The second-order valence-electron chi connectivity index (χ2n) is 2.40. The molecule has 0 aromatic heterocycles. The Hall–Kier alpha value is -0.570. The zero-order valence-electron chi connectivity index (χ0n) is 6.79. The highest BCUT2D eigenvalue weighted by atomic mass is 16.3. The highest BCUT2D eigenvalue weighted by Gasteiger charge is 2.11. The molecule has 0 saturated carbocycles.